The van der Waals surface area contributed by atoms with Crippen LogP contribution in [0, 0.1) is 0 Å². The Morgan fingerprint density at radius 3 is 3.00 bits per heavy atom. The molecule has 0 unspecified atom stereocenters. The minimum atomic E-state index is 0.312. The summed E-state index contributed by atoms with van der Waals surface area (Å²) in [4.78, 5) is 4.13. The van der Waals surface area contributed by atoms with Crippen molar-refractivity contribution < 1.29 is 9.84 Å². The minimum absolute atomic E-state index is 0.312. The Kier molecular flexibility index (Phi) is 3.42. The van der Waals surface area contributed by atoms with Crippen LogP contribution in [0.3, 0.4) is 0 Å². The smallest absolute Gasteiger partial charge is 0.213 e. The van der Waals surface area contributed by atoms with Crippen LogP contribution in [0.2, 0.25) is 0 Å². The summed E-state index contributed by atoms with van der Waals surface area (Å²) in [6.07, 6.45) is 9.19. The largest absolute Gasteiger partial charge is 0.507 e. The number of benzene rings is 1. The molecule has 0 saturated heterocycles. The second-order valence-electron chi connectivity index (χ2n) is 4.91. The molecule has 0 atom stereocenters. The first-order chi connectivity index (χ1) is 9.79. The molecule has 102 valence electrons. The third-order valence-corrected chi connectivity index (χ3v) is 3.65. The van der Waals surface area contributed by atoms with Gasteiger partial charge in [-0.25, -0.2) is 4.98 Å². The number of ether oxygens (including phenoxy) is 1. The number of hydrogen-bond donors (Lipinski definition) is 1. The molecule has 1 aliphatic carbocycles. The number of aromatic hydroxyl groups is 1. The van der Waals surface area contributed by atoms with Crippen molar-refractivity contribution in [2.24, 2.45) is 0 Å². The molecule has 1 aromatic carbocycles. The Morgan fingerprint density at radius 2 is 2.15 bits per heavy atom. The number of phenols is 1. The van der Waals surface area contributed by atoms with Crippen LogP contribution in [-0.2, 0) is 6.42 Å². The van der Waals surface area contributed by atoms with Crippen LogP contribution in [-0.4, -0.2) is 17.2 Å². The normalized spacial score (nSPS) is 13.7. The average molecular weight is 267 g/mol. The molecule has 0 amide bonds. The Bertz CT molecular complexity index is 662. The topological polar surface area (TPSA) is 42.4 Å². The van der Waals surface area contributed by atoms with Crippen molar-refractivity contribution in [3.05, 3.63) is 47.7 Å². The molecule has 20 heavy (non-hydrogen) atoms. The number of allylic oxidation sites excluding steroid dienone is 1. The van der Waals surface area contributed by atoms with Gasteiger partial charge < -0.3 is 9.84 Å². The predicted molar refractivity (Wildman–Crippen MR) is 79.9 cm³/mol. The van der Waals surface area contributed by atoms with Gasteiger partial charge in [0.2, 0.25) is 5.88 Å². The molecule has 0 fully saturated rings. The molecular formula is C17H17NO2. The molecule has 3 rings (SSSR count). The Hall–Kier alpha value is -2.29. The van der Waals surface area contributed by atoms with Crippen molar-refractivity contribution in [3.63, 3.8) is 0 Å². The number of fused-ring (bicyclic) bond motifs is 1. The minimum Gasteiger partial charge on any atom is -0.507 e. The van der Waals surface area contributed by atoms with Crippen molar-refractivity contribution in [1.29, 1.82) is 0 Å². The fraction of sp³-hybridized carbons (Fsp3) is 0.235. The van der Waals surface area contributed by atoms with Crippen LogP contribution in [0.25, 0.3) is 17.2 Å². The van der Waals surface area contributed by atoms with Gasteiger partial charge in [-0.05, 0) is 48.1 Å². The van der Waals surface area contributed by atoms with Crippen molar-refractivity contribution in [1.82, 2.24) is 4.98 Å². The molecule has 0 radical (unpaired) electrons. The van der Waals surface area contributed by atoms with E-state index in [0.717, 1.165) is 30.4 Å². The van der Waals surface area contributed by atoms with E-state index >= 15 is 0 Å². The van der Waals surface area contributed by atoms with E-state index in [1.54, 1.807) is 19.4 Å². The Balaban J connectivity index is 2.20. The molecule has 0 saturated carbocycles. The molecule has 0 spiro atoms. The summed E-state index contributed by atoms with van der Waals surface area (Å²) >= 11 is 0. The monoisotopic (exact) mass is 267 g/mol. The first-order valence-electron chi connectivity index (χ1n) is 6.81. The van der Waals surface area contributed by atoms with Gasteiger partial charge >= 0.3 is 0 Å². The summed E-state index contributed by atoms with van der Waals surface area (Å²) in [5.74, 6) is 0.871. The molecule has 1 aliphatic rings. The second kappa shape index (κ2) is 5.37. The van der Waals surface area contributed by atoms with Gasteiger partial charge in [0.25, 0.3) is 0 Å². The second-order valence-corrected chi connectivity index (χ2v) is 4.91. The zero-order valence-electron chi connectivity index (χ0n) is 11.5. The van der Waals surface area contributed by atoms with Gasteiger partial charge in [0.1, 0.15) is 5.75 Å². The van der Waals surface area contributed by atoms with E-state index in [-0.39, 0.29) is 0 Å². The Labute approximate surface area is 118 Å². The van der Waals surface area contributed by atoms with Crippen molar-refractivity contribution >= 4 is 6.08 Å². The summed E-state index contributed by atoms with van der Waals surface area (Å²) in [5, 5.41) is 10.3. The standard InChI is InChI=1S/C17H17NO2/c1-20-16-11-13(9-10-18-16)17-14-6-4-2-3-5-12(14)7-8-15(17)19/h3,5,7-11,19H,2,4,6H2,1H3. The molecule has 2 aromatic rings. The van der Waals surface area contributed by atoms with Gasteiger partial charge in [0, 0.05) is 17.8 Å². The zero-order chi connectivity index (χ0) is 13.9. The average Bonchev–Trinajstić information content (AvgIpc) is 2.72. The van der Waals surface area contributed by atoms with Gasteiger partial charge in [0.05, 0.1) is 7.11 Å². The number of aromatic nitrogens is 1. The van der Waals surface area contributed by atoms with Gasteiger partial charge in [-0.1, -0.05) is 18.2 Å². The summed E-state index contributed by atoms with van der Waals surface area (Å²) in [5.41, 5.74) is 4.23. The molecular weight excluding hydrogens is 250 g/mol. The highest BCUT2D eigenvalue weighted by Crippen LogP contribution is 2.37. The van der Waals surface area contributed by atoms with E-state index in [9.17, 15) is 5.11 Å². The maximum Gasteiger partial charge on any atom is 0.213 e. The highest BCUT2D eigenvalue weighted by molar-refractivity contribution is 5.78. The van der Waals surface area contributed by atoms with Crippen LogP contribution in [0.5, 0.6) is 11.6 Å². The number of nitrogens with zero attached hydrogens (tertiary/aromatic N) is 1. The summed E-state index contributed by atoms with van der Waals surface area (Å²) in [6.45, 7) is 0. The summed E-state index contributed by atoms with van der Waals surface area (Å²) in [6, 6.07) is 7.52. The third kappa shape index (κ3) is 2.27. The molecule has 0 bridgehead atoms. The van der Waals surface area contributed by atoms with E-state index in [0.29, 0.717) is 11.6 Å². The highest BCUT2D eigenvalue weighted by atomic mass is 16.5. The first-order valence-corrected chi connectivity index (χ1v) is 6.81. The number of pyridine rings is 1. The fourth-order valence-corrected chi connectivity index (χ4v) is 2.68. The molecule has 1 aromatic heterocycles. The van der Waals surface area contributed by atoms with Crippen molar-refractivity contribution in [3.8, 4) is 22.8 Å². The SMILES string of the molecule is COc1cc(-c2c(O)ccc3c2CCCC=C3)ccn1. The van der Waals surface area contributed by atoms with Crippen LogP contribution in [0.1, 0.15) is 24.0 Å². The molecule has 3 heteroatoms. The van der Waals surface area contributed by atoms with E-state index in [1.807, 2.05) is 18.2 Å². The zero-order valence-corrected chi connectivity index (χ0v) is 11.5. The quantitative estimate of drug-likeness (QED) is 0.899. The molecule has 1 heterocycles. The lowest BCUT2D eigenvalue weighted by molar-refractivity contribution is 0.398. The lowest BCUT2D eigenvalue weighted by Gasteiger charge is -2.14. The fourth-order valence-electron chi connectivity index (χ4n) is 2.68. The van der Waals surface area contributed by atoms with Gasteiger partial charge in [0.15, 0.2) is 0 Å². The molecule has 3 nitrogen and oxygen atoms in total. The van der Waals surface area contributed by atoms with Gasteiger partial charge in [-0.3, -0.25) is 0 Å². The van der Waals surface area contributed by atoms with Gasteiger partial charge in [-0.2, -0.15) is 0 Å². The predicted octanol–water partition coefficient (Wildman–Crippen LogP) is 3.81. The maximum absolute atomic E-state index is 10.3. The van der Waals surface area contributed by atoms with Crippen molar-refractivity contribution in [2.45, 2.75) is 19.3 Å². The summed E-state index contributed by atoms with van der Waals surface area (Å²) < 4.78 is 5.18. The van der Waals surface area contributed by atoms with Crippen LogP contribution < -0.4 is 4.74 Å². The van der Waals surface area contributed by atoms with E-state index in [2.05, 4.69) is 17.1 Å². The van der Waals surface area contributed by atoms with E-state index in [4.69, 9.17) is 4.74 Å². The highest BCUT2D eigenvalue weighted by Gasteiger charge is 2.15. The number of methoxy groups -OCH3 is 1. The summed E-state index contributed by atoms with van der Waals surface area (Å²) in [7, 11) is 1.60. The number of hydrogen-bond acceptors (Lipinski definition) is 3. The molecule has 0 aliphatic heterocycles. The molecule has 1 N–H and O–H groups in total. The lowest BCUT2D eigenvalue weighted by atomic mass is 9.92. The lowest BCUT2D eigenvalue weighted by Crippen LogP contribution is -1.95. The van der Waals surface area contributed by atoms with E-state index < -0.39 is 0 Å². The maximum atomic E-state index is 10.3. The first kappa shape index (κ1) is 12.7. The van der Waals surface area contributed by atoms with Crippen LogP contribution in [0.15, 0.2) is 36.5 Å². The van der Waals surface area contributed by atoms with Crippen LogP contribution in [0.4, 0.5) is 0 Å². The third-order valence-electron chi connectivity index (χ3n) is 3.65. The van der Waals surface area contributed by atoms with Gasteiger partial charge in [-0.15, -0.1) is 0 Å². The Morgan fingerprint density at radius 1 is 1.25 bits per heavy atom. The van der Waals surface area contributed by atoms with E-state index in [1.165, 1.54) is 11.1 Å². The number of phenolic OH excluding ortho intramolecular Hbond substituents is 1. The number of rotatable bonds is 2. The van der Waals surface area contributed by atoms with Crippen molar-refractivity contribution in [2.75, 3.05) is 7.11 Å². The van der Waals surface area contributed by atoms with Crippen LogP contribution >= 0.6 is 0 Å².